The van der Waals surface area contributed by atoms with Gasteiger partial charge in [-0.2, -0.15) is 0 Å². The van der Waals surface area contributed by atoms with Gasteiger partial charge in [-0.3, -0.25) is 9.69 Å². The smallest absolute Gasteiger partial charge is 0.240 e. The van der Waals surface area contributed by atoms with Crippen LogP contribution in [0.2, 0.25) is 0 Å². The number of likely N-dealkylation sites (tertiary alicyclic amines) is 1. The highest BCUT2D eigenvalue weighted by molar-refractivity contribution is 7.07. The summed E-state index contributed by atoms with van der Waals surface area (Å²) in [5.41, 5.74) is 2.96. The maximum Gasteiger partial charge on any atom is 0.240 e. The van der Waals surface area contributed by atoms with Gasteiger partial charge in [0.15, 0.2) is 0 Å². The zero-order valence-corrected chi connectivity index (χ0v) is 12.7. The Morgan fingerprint density at radius 3 is 2.95 bits per heavy atom. The highest BCUT2D eigenvalue weighted by Crippen LogP contribution is 2.30. The van der Waals surface area contributed by atoms with Gasteiger partial charge in [0.05, 0.1) is 23.3 Å². The molecule has 3 heterocycles. The summed E-state index contributed by atoms with van der Waals surface area (Å²) in [4.78, 5) is 21.5. The van der Waals surface area contributed by atoms with Gasteiger partial charge < -0.3 is 10.2 Å². The number of hydrogen-bond donors (Lipinski definition) is 1. The summed E-state index contributed by atoms with van der Waals surface area (Å²) >= 11 is 1.62. The molecule has 1 N–H and O–H groups in total. The van der Waals surface area contributed by atoms with Gasteiger partial charge in [0.25, 0.3) is 0 Å². The predicted octanol–water partition coefficient (Wildman–Crippen LogP) is 1.10. The van der Waals surface area contributed by atoms with Crippen LogP contribution < -0.4 is 5.32 Å². The van der Waals surface area contributed by atoms with E-state index in [-0.39, 0.29) is 12.1 Å². The van der Waals surface area contributed by atoms with Crippen molar-refractivity contribution < 1.29 is 4.79 Å². The summed E-state index contributed by atoms with van der Waals surface area (Å²) in [5, 5.41) is 5.39. The lowest BCUT2D eigenvalue weighted by molar-refractivity contribution is -0.137. The van der Waals surface area contributed by atoms with E-state index in [9.17, 15) is 4.79 Å². The fourth-order valence-electron chi connectivity index (χ4n) is 3.21. The van der Waals surface area contributed by atoms with E-state index < -0.39 is 0 Å². The molecule has 0 saturated carbocycles. The number of carbonyl (C=O) groups is 1. The molecule has 0 aliphatic carbocycles. The Hall–Kier alpha value is -0.980. The highest BCUT2D eigenvalue weighted by atomic mass is 32.1. The Morgan fingerprint density at radius 2 is 2.25 bits per heavy atom. The molecule has 2 fully saturated rings. The number of thiazole rings is 1. The molecule has 0 bridgehead atoms. The van der Waals surface area contributed by atoms with Gasteiger partial charge in [-0.15, -0.1) is 11.3 Å². The van der Waals surface area contributed by atoms with E-state index in [1.165, 1.54) is 0 Å². The standard InChI is InChI=1S/C14H22N4OS/c1-11(12-9-20-10-16-12)18-6-2-3-13(18)14(19)17-7-4-15-5-8-17/h9-11,13,15H,2-8H2,1H3. The zero-order valence-electron chi connectivity index (χ0n) is 11.9. The Morgan fingerprint density at radius 1 is 1.45 bits per heavy atom. The normalized spacial score (nSPS) is 25.9. The summed E-state index contributed by atoms with van der Waals surface area (Å²) in [5.74, 6) is 0.311. The van der Waals surface area contributed by atoms with Crippen molar-refractivity contribution in [1.29, 1.82) is 0 Å². The van der Waals surface area contributed by atoms with Crippen molar-refractivity contribution in [3.63, 3.8) is 0 Å². The highest BCUT2D eigenvalue weighted by Gasteiger charge is 2.37. The van der Waals surface area contributed by atoms with Gasteiger partial charge in [0, 0.05) is 31.6 Å². The summed E-state index contributed by atoms with van der Waals surface area (Å²) in [6, 6.07) is 0.283. The molecule has 1 amide bonds. The van der Waals surface area contributed by atoms with Crippen LogP contribution in [0.3, 0.4) is 0 Å². The average Bonchev–Trinajstić information content (AvgIpc) is 3.18. The molecule has 5 nitrogen and oxygen atoms in total. The fourth-order valence-corrected chi connectivity index (χ4v) is 3.85. The molecule has 1 aromatic rings. The van der Waals surface area contributed by atoms with E-state index in [1.54, 1.807) is 11.3 Å². The maximum absolute atomic E-state index is 12.7. The van der Waals surface area contributed by atoms with Crippen LogP contribution in [0.1, 0.15) is 31.5 Å². The van der Waals surface area contributed by atoms with E-state index in [0.29, 0.717) is 5.91 Å². The average molecular weight is 294 g/mol. The summed E-state index contributed by atoms with van der Waals surface area (Å²) in [6.45, 7) is 6.68. The van der Waals surface area contributed by atoms with E-state index >= 15 is 0 Å². The summed E-state index contributed by atoms with van der Waals surface area (Å²) < 4.78 is 0. The molecule has 0 aromatic carbocycles. The maximum atomic E-state index is 12.7. The molecule has 3 rings (SSSR count). The molecule has 0 radical (unpaired) electrons. The lowest BCUT2D eigenvalue weighted by Gasteiger charge is -2.35. The van der Waals surface area contributed by atoms with Crippen molar-refractivity contribution in [3.05, 3.63) is 16.6 Å². The molecule has 2 saturated heterocycles. The van der Waals surface area contributed by atoms with Gasteiger partial charge in [0.1, 0.15) is 0 Å². The van der Waals surface area contributed by atoms with Gasteiger partial charge in [-0.1, -0.05) is 0 Å². The van der Waals surface area contributed by atoms with Crippen molar-refractivity contribution in [2.45, 2.75) is 31.8 Å². The first kappa shape index (κ1) is 14.0. The second kappa shape index (κ2) is 6.20. The van der Waals surface area contributed by atoms with E-state index in [2.05, 4.69) is 27.5 Å². The van der Waals surface area contributed by atoms with Gasteiger partial charge >= 0.3 is 0 Å². The molecule has 2 unspecified atom stereocenters. The molecule has 2 aliphatic heterocycles. The molecular weight excluding hydrogens is 272 g/mol. The molecule has 20 heavy (non-hydrogen) atoms. The van der Waals surface area contributed by atoms with Crippen molar-refractivity contribution >= 4 is 17.2 Å². The Bertz CT molecular complexity index is 444. The third-order valence-corrected chi connectivity index (χ3v) is 4.99. The molecule has 6 heteroatoms. The SMILES string of the molecule is CC(c1cscn1)N1CCCC1C(=O)N1CCNCC1. The number of nitrogens with one attached hydrogen (secondary N) is 1. The third-order valence-electron chi connectivity index (χ3n) is 4.38. The van der Waals surface area contributed by atoms with Crippen LogP contribution >= 0.6 is 11.3 Å². The van der Waals surface area contributed by atoms with Crippen LogP contribution in [0.15, 0.2) is 10.9 Å². The van der Waals surface area contributed by atoms with Gasteiger partial charge in [0.2, 0.25) is 5.91 Å². The minimum atomic E-state index is 0.0461. The van der Waals surface area contributed by atoms with Gasteiger partial charge in [-0.05, 0) is 26.3 Å². The minimum absolute atomic E-state index is 0.0461. The number of aromatic nitrogens is 1. The lowest BCUT2D eigenvalue weighted by Crippen LogP contribution is -2.52. The molecular formula is C14H22N4OS. The van der Waals surface area contributed by atoms with E-state index in [0.717, 1.165) is 51.3 Å². The zero-order chi connectivity index (χ0) is 13.9. The number of nitrogens with zero attached hydrogens (tertiary/aromatic N) is 3. The molecule has 110 valence electrons. The Balaban J connectivity index is 1.70. The molecule has 0 spiro atoms. The van der Waals surface area contributed by atoms with Crippen LogP contribution in [0.25, 0.3) is 0 Å². The topological polar surface area (TPSA) is 48.5 Å². The lowest BCUT2D eigenvalue weighted by atomic mass is 10.1. The number of amides is 1. The van der Waals surface area contributed by atoms with Crippen molar-refractivity contribution in [1.82, 2.24) is 20.1 Å². The van der Waals surface area contributed by atoms with E-state index in [1.807, 2.05) is 10.4 Å². The predicted molar refractivity (Wildman–Crippen MR) is 79.7 cm³/mol. The first-order valence-electron chi connectivity index (χ1n) is 7.40. The van der Waals surface area contributed by atoms with E-state index in [4.69, 9.17) is 0 Å². The summed E-state index contributed by atoms with van der Waals surface area (Å²) in [6.07, 6.45) is 2.09. The van der Waals surface area contributed by atoms with Crippen LogP contribution in [0.5, 0.6) is 0 Å². The summed E-state index contributed by atoms with van der Waals surface area (Å²) in [7, 11) is 0. The number of rotatable bonds is 3. The monoisotopic (exact) mass is 294 g/mol. The van der Waals surface area contributed by atoms with Crippen molar-refractivity contribution in [2.24, 2.45) is 0 Å². The first-order valence-corrected chi connectivity index (χ1v) is 8.35. The van der Waals surface area contributed by atoms with Crippen LogP contribution in [-0.2, 0) is 4.79 Å². The molecule has 2 atom stereocenters. The fraction of sp³-hybridized carbons (Fsp3) is 0.714. The van der Waals surface area contributed by atoms with Gasteiger partial charge in [-0.25, -0.2) is 4.98 Å². The largest absolute Gasteiger partial charge is 0.339 e. The van der Waals surface area contributed by atoms with Crippen LogP contribution in [0, 0.1) is 0 Å². The quantitative estimate of drug-likeness (QED) is 0.907. The third kappa shape index (κ3) is 2.73. The molecule has 2 aliphatic rings. The minimum Gasteiger partial charge on any atom is -0.339 e. The Labute approximate surface area is 124 Å². The second-order valence-electron chi connectivity index (χ2n) is 5.56. The number of piperazine rings is 1. The van der Waals surface area contributed by atoms with Crippen LogP contribution in [-0.4, -0.2) is 59.5 Å². The Kier molecular flexibility index (Phi) is 4.33. The second-order valence-corrected chi connectivity index (χ2v) is 6.28. The number of hydrogen-bond acceptors (Lipinski definition) is 5. The van der Waals surface area contributed by atoms with Crippen LogP contribution in [0.4, 0.5) is 0 Å². The van der Waals surface area contributed by atoms with Crippen molar-refractivity contribution in [2.75, 3.05) is 32.7 Å². The van der Waals surface area contributed by atoms with Crippen molar-refractivity contribution in [3.8, 4) is 0 Å². The number of carbonyl (C=O) groups excluding carboxylic acids is 1. The molecule has 1 aromatic heterocycles. The first-order chi connectivity index (χ1) is 9.77.